The molecule has 0 saturated carbocycles. The smallest absolute Gasteiger partial charge is 0.218 e. The van der Waals surface area contributed by atoms with Crippen molar-refractivity contribution < 1.29 is 5.11 Å². The highest BCUT2D eigenvalue weighted by Gasteiger charge is 2.12. The number of hydrogen-bond donors (Lipinski definition) is 2. The van der Waals surface area contributed by atoms with Crippen LogP contribution in [0.4, 0.5) is 11.4 Å². The fourth-order valence-electron chi connectivity index (χ4n) is 2.94. The van der Waals surface area contributed by atoms with Gasteiger partial charge in [-0.05, 0) is 47.9 Å². The molecule has 2 aromatic carbocycles. The number of pyridine rings is 1. The number of aromatic amines is 1. The predicted octanol–water partition coefficient (Wildman–Crippen LogP) is 6.61. The van der Waals surface area contributed by atoms with Gasteiger partial charge in [0, 0.05) is 22.0 Å². The van der Waals surface area contributed by atoms with Crippen molar-refractivity contribution in [2.45, 2.75) is 19.8 Å². The van der Waals surface area contributed by atoms with Crippen molar-refractivity contribution in [3.63, 3.8) is 0 Å². The summed E-state index contributed by atoms with van der Waals surface area (Å²) in [5, 5.41) is 21.2. The van der Waals surface area contributed by atoms with Gasteiger partial charge in [-0.2, -0.15) is 0 Å². The minimum Gasteiger partial charge on any atom is -0.493 e. The van der Waals surface area contributed by atoms with Gasteiger partial charge < -0.3 is 10.1 Å². The lowest BCUT2D eigenvalue weighted by atomic mass is 10.0. The first-order valence-electron chi connectivity index (χ1n) is 8.33. The third-order valence-corrected chi connectivity index (χ3v) is 4.62. The predicted molar refractivity (Wildman–Crippen MR) is 105 cm³/mol. The standard InChI is InChI=1S/C20H17ClN4O/c1-11(2)12-3-6-16-15(9-12)19(20(26)23-16)25-24-17-7-8-22-18-10-13(21)4-5-14(17)18/h3-11,23,26H,1-2H3. The molecule has 0 aliphatic rings. The molecule has 6 heteroatoms. The summed E-state index contributed by atoms with van der Waals surface area (Å²) in [7, 11) is 0. The quantitative estimate of drug-likeness (QED) is 0.401. The maximum atomic E-state index is 10.3. The Hall–Kier alpha value is -2.92. The second-order valence-corrected chi connectivity index (χ2v) is 6.91. The van der Waals surface area contributed by atoms with E-state index in [-0.39, 0.29) is 5.88 Å². The Balaban J connectivity index is 1.82. The summed E-state index contributed by atoms with van der Waals surface area (Å²) in [5.74, 6) is 0.390. The van der Waals surface area contributed by atoms with Crippen molar-refractivity contribution in [1.29, 1.82) is 0 Å². The van der Waals surface area contributed by atoms with E-state index in [0.717, 1.165) is 21.8 Å². The van der Waals surface area contributed by atoms with Gasteiger partial charge in [0.15, 0.2) is 5.69 Å². The zero-order valence-corrected chi connectivity index (χ0v) is 15.1. The number of rotatable bonds is 3. The van der Waals surface area contributed by atoms with Crippen LogP contribution >= 0.6 is 11.6 Å². The molecular formula is C20H17ClN4O. The molecule has 2 N–H and O–H groups in total. The van der Waals surface area contributed by atoms with Crippen LogP contribution in [0.2, 0.25) is 5.02 Å². The molecule has 0 radical (unpaired) electrons. The van der Waals surface area contributed by atoms with Gasteiger partial charge in [-0.1, -0.05) is 31.5 Å². The van der Waals surface area contributed by atoms with Gasteiger partial charge in [0.2, 0.25) is 5.88 Å². The number of nitrogens with one attached hydrogen (secondary N) is 1. The molecule has 130 valence electrons. The molecule has 4 aromatic rings. The average Bonchev–Trinajstić information content (AvgIpc) is 2.93. The van der Waals surface area contributed by atoms with E-state index < -0.39 is 0 Å². The minimum atomic E-state index is 0.00561. The van der Waals surface area contributed by atoms with Crippen LogP contribution in [0.3, 0.4) is 0 Å². The van der Waals surface area contributed by atoms with Crippen LogP contribution in [0.1, 0.15) is 25.3 Å². The fraction of sp³-hybridized carbons (Fsp3) is 0.150. The third kappa shape index (κ3) is 2.91. The first-order valence-corrected chi connectivity index (χ1v) is 8.71. The van der Waals surface area contributed by atoms with Crippen LogP contribution in [0.25, 0.3) is 21.8 Å². The van der Waals surface area contributed by atoms with Gasteiger partial charge in [0.25, 0.3) is 0 Å². The number of aromatic hydroxyl groups is 1. The first-order chi connectivity index (χ1) is 12.5. The molecule has 26 heavy (non-hydrogen) atoms. The molecule has 4 rings (SSSR count). The summed E-state index contributed by atoms with van der Waals surface area (Å²) in [5.41, 5.74) is 3.85. The molecule has 0 unspecified atom stereocenters. The van der Waals surface area contributed by atoms with E-state index in [4.69, 9.17) is 11.6 Å². The minimum absolute atomic E-state index is 0.00561. The van der Waals surface area contributed by atoms with E-state index in [2.05, 4.69) is 34.0 Å². The summed E-state index contributed by atoms with van der Waals surface area (Å²) in [6, 6.07) is 13.3. The Morgan fingerprint density at radius 1 is 1.04 bits per heavy atom. The molecule has 0 saturated heterocycles. The second kappa shape index (κ2) is 6.42. The highest BCUT2D eigenvalue weighted by molar-refractivity contribution is 6.31. The highest BCUT2D eigenvalue weighted by atomic mass is 35.5. The first kappa shape index (κ1) is 16.5. The number of benzene rings is 2. The Labute approximate surface area is 155 Å². The van der Waals surface area contributed by atoms with E-state index in [1.165, 1.54) is 5.56 Å². The molecule has 0 aliphatic heterocycles. The van der Waals surface area contributed by atoms with Crippen molar-refractivity contribution in [1.82, 2.24) is 9.97 Å². The van der Waals surface area contributed by atoms with Gasteiger partial charge in [-0.3, -0.25) is 4.98 Å². The zero-order valence-electron chi connectivity index (χ0n) is 14.4. The lowest BCUT2D eigenvalue weighted by Crippen LogP contribution is -1.85. The second-order valence-electron chi connectivity index (χ2n) is 6.47. The molecule has 2 heterocycles. The van der Waals surface area contributed by atoms with Crippen LogP contribution in [0, 0.1) is 0 Å². The van der Waals surface area contributed by atoms with Crippen molar-refractivity contribution in [3.8, 4) is 5.88 Å². The topological polar surface area (TPSA) is 73.6 Å². The number of azo groups is 1. The summed E-state index contributed by atoms with van der Waals surface area (Å²) >= 11 is 6.02. The maximum Gasteiger partial charge on any atom is 0.218 e. The molecule has 0 fully saturated rings. The highest BCUT2D eigenvalue weighted by Crippen LogP contribution is 2.38. The lowest BCUT2D eigenvalue weighted by Gasteiger charge is -2.04. The number of halogens is 1. The largest absolute Gasteiger partial charge is 0.493 e. The molecular weight excluding hydrogens is 348 g/mol. The molecule has 0 bridgehead atoms. The molecule has 0 atom stereocenters. The van der Waals surface area contributed by atoms with Gasteiger partial charge in [0.05, 0.1) is 16.7 Å². The Kier molecular flexibility index (Phi) is 4.09. The number of fused-ring (bicyclic) bond motifs is 2. The van der Waals surface area contributed by atoms with Gasteiger partial charge in [0.1, 0.15) is 0 Å². The number of nitrogens with zero attached hydrogens (tertiary/aromatic N) is 3. The van der Waals surface area contributed by atoms with E-state index >= 15 is 0 Å². The summed E-state index contributed by atoms with van der Waals surface area (Å²) in [4.78, 5) is 7.25. The Bertz CT molecular complexity index is 1150. The summed E-state index contributed by atoms with van der Waals surface area (Å²) < 4.78 is 0. The number of hydrogen-bond acceptors (Lipinski definition) is 4. The van der Waals surface area contributed by atoms with Crippen molar-refractivity contribution in [2.24, 2.45) is 10.2 Å². The molecule has 2 aromatic heterocycles. The number of aromatic nitrogens is 2. The molecule has 5 nitrogen and oxygen atoms in total. The van der Waals surface area contributed by atoms with Crippen molar-refractivity contribution >= 4 is 44.8 Å². The maximum absolute atomic E-state index is 10.3. The van der Waals surface area contributed by atoms with E-state index in [9.17, 15) is 5.11 Å². The lowest BCUT2D eigenvalue weighted by molar-refractivity contribution is 0.459. The van der Waals surface area contributed by atoms with Crippen molar-refractivity contribution in [2.75, 3.05) is 0 Å². The van der Waals surface area contributed by atoms with E-state index in [0.29, 0.717) is 22.3 Å². The van der Waals surface area contributed by atoms with Crippen LogP contribution in [0.15, 0.2) is 58.9 Å². The molecule has 0 aliphatic carbocycles. The SMILES string of the molecule is CC(C)c1ccc2[nH]c(O)c(N=Nc3ccnc4cc(Cl)ccc34)c2c1. The van der Waals surface area contributed by atoms with Crippen LogP contribution in [-0.2, 0) is 0 Å². The summed E-state index contributed by atoms with van der Waals surface area (Å²) in [6.45, 7) is 4.26. The summed E-state index contributed by atoms with van der Waals surface area (Å²) in [6.07, 6.45) is 1.67. The van der Waals surface area contributed by atoms with Crippen molar-refractivity contribution in [3.05, 3.63) is 59.2 Å². The fourth-order valence-corrected chi connectivity index (χ4v) is 3.11. The van der Waals surface area contributed by atoms with E-state index in [1.54, 1.807) is 24.4 Å². The molecule has 0 amide bonds. The van der Waals surface area contributed by atoms with Gasteiger partial charge in [-0.25, -0.2) is 0 Å². The van der Waals surface area contributed by atoms with Crippen LogP contribution in [0.5, 0.6) is 5.88 Å². The van der Waals surface area contributed by atoms with Crippen LogP contribution in [-0.4, -0.2) is 15.1 Å². The van der Waals surface area contributed by atoms with E-state index in [1.807, 2.05) is 24.3 Å². The Morgan fingerprint density at radius 2 is 1.88 bits per heavy atom. The Morgan fingerprint density at radius 3 is 2.69 bits per heavy atom. The monoisotopic (exact) mass is 364 g/mol. The zero-order chi connectivity index (χ0) is 18.3. The van der Waals surface area contributed by atoms with Gasteiger partial charge in [-0.15, -0.1) is 10.2 Å². The number of H-pyrrole nitrogens is 1. The normalized spacial score (nSPS) is 12.0. The molecule has 0 spiro atoms. The third-order valence-electron chi connectivity index (χ3n) is 4.38. The average molecular weight is 365 g/mol. The van der Waals surface area contributed by atoms with Gasteiger partial charge >= 0.3 is 0 Å². The van der Waals surface area contributed by atoms with Crippen LogP contribution < -0.4 is 0 Å².